The average molecular weight is 369 g/mol. The summed E-state index contributed by atoms with van der Waals surface area (Å²) in [6, 6.07) is 9.46. The van der Waals surface area contributed by atoms with Gasteiger partial charge >= 0.3 is 0 Å². The molecule has 4 rings (SSSR count). The van der Waals surface area contributed by atoms with Gasteiger partial charge in [-0.3, -0.25) is 9.89 Å². The van der Waals surface area contributed by atoms with Gasteiger partial charge in [-0.05, 0) is 25.8 Å². The largest absolute Gasteiger partial charge is 0.496 e. The van der Waals surface area contributed by atoms with Gasteiger partial charge in [0.05, 0.1) is 7.11 Å². The second-order valence-corrected chi connectivity index (χ2v) is 8.13. The maximum atomic E-state index is 5.60. The van der Waals surface area contributed by atoms with Crippen molar-refractivity contribution in [2.24, 2.45) is 4.99 Å². The Kier molecular flexibility index (Phi) is 5.13. The van der Waals surface area contributed by atoms with E-state index in [0.29, 0.717) is 12.1 Å². The Balaban J connectivity index is 1.42. The lowest BCUT2D eigenvalue weighted by Crippen LogP contribution is -2.44. The third-order valence-corrected chi connectivity index (χ3v) is 6.40. The quantitative estimate of drug-likeness (QED) is 0.493. The molecule has 1 saturated heterocycles. The molecule has 5 heteroatoms. The summed E-state index contributed by atoms with van der Waals surface area (Å²) >= 11 is 0. The van der Waals surface area contributed by atoms with Crippen LogP contribution in [-0.4, -0.2) is 67.7 Å². The fourth-order valence-corrected chi connectivity index (χ4v) is 4.56. The number of nitrogens with one attached hydrogen (secondary N) is 1. The maximum absolute atomic E-state index is 5.60. The number of aliphatic imine (C=N–C) groups is 1. The zero-order chi connectivity index (χ0) is 18.9. The lowest BCUT2D eigenvalue weighted by Gasteiger charge is -2.26. The Morgan fingerprint density at radius 1 is 1.30 bits per heavy atom. The van der Waals surface area contributed by atoms with Crippen molar-refractivity contribution in [3.05, 3.63) is 42.0 Å². The molecule has 0 spiro atoms. The highest BCUT2D eigenvalue weighted by atomic mass is 16.5. The van der Waals surface area contributed by atoms with Crippen molar-refractivity contribution in [2.45, 2.75) is 44.2 Å². The number of likely N-dealkylation sites (tertiary alicyclic amines) is 1. The zero-order valence-electron chi connectivity index (χ0n) is 16.8. The number of para-hydroxylation sites is 1. The van der Waals surface area contributed by atoms with Gasteiger partial charge in [-0.25, -0.2) is 0 Å². The fourth-order valence-electron chi connectivity index (χ4n) is 4.56. The number of rotatable bonds is 5. The predicted octanol–water partition coefficient (Wildman–Crippen LogP) is 2.64. The molecule has 3 unspecified atom stereocenters. The van der Waals surface area contributed by atoms with Crippen molar-refractivity contribution in [3.63, 3.8) is 0 Å². The van der Waals surface area contributed by atoms with Crippen molar-refractivity contribution in [1.82, 2.24) is 15.1 Å². The molecular formula is C22H32N4O. The molecule has 27 heavy (non-hydrogen) atoms. The van der Waals surface area contributed by atoms with Gasteiger partial charge in [0.2, 0.25) is 0 Å². The molecule has 2 aliphatic heterocycles. The Labute approximate surface area is 163 Å². The molecule has 0 aromatic heterocycles. The van der Waals surface area contributed by atoms with E-state index in [-0.39, 0.29) is 5.41 Å². The molecule has 1 aromatic carbocycles. The van der Waals surface area contributed by atoms with Crippen molar-refractivity contribution < 1.29 is 4.74 Å². The molecule has 5 nitrogen and oxygen atoms in total. The molecule has 146 valence electrons. The molecule has 3 atom stereocenters. The van der Waals surface area contributed by atoms with Crippen LogP contribution in [-0.2, 0) is 5.41 Å². The van der Waals surface area contributed by atoms with E-state index in [1.54, 1.807) is 7.11 Å². The van der Waals surface area contributed by atoms with Crippen LogP contribution < -0.4 is 10.1 Å². The number of nitrogens with zero attached hydrogens (tertiary/aromatic N) is 3. The number of ether oxygens (including phenoxy) is 1. The van der Waals surface area contributed by atoms with E-state index in [2.05, 4.69) is 59.3 Å². The van der Waals surface area contributed by atoms with Crippen LogP contribution >= 0.6 is 0 Å². The second-order valence-electron chi connectivity index (χ2n) is 8.13. The van der Waals surface area contributed by atoms with Gasteiger partial charge in [-0.15, -0.1) is 0 Å². The van der Waals surface area contributed by atoms with Crippen LogP contribution in [0, 0.1) is 0 Å². The van der Waals surface area contributed by atoms with Gasteiger partial charge < -0.3 is 15.0 Å². The Morgan fingerprint density at radius 3 is 2.81 bits per heavy atom. The van der Waals surface area contributed by atoms with Gasteiger partial charge in [0.25, 0.3) is 0 Å². The smallest absolute Gasteiger partial charge is 0.194 e. The highest BCUT2D eigenvalue weighted by Crippen LogP contribution is 2.51. The summed E-state index contributed by atoms with van der Waals surface area (Å²) in [7, 11) is 1.76. The molecule has 2 heterocycles. The molecular weight excluding hydrogens is 336 g/mol. The lowest BCUT2D eigenvalue weighted by atomic mass is 9.96. The SMILES string of the molecule is CCN=C(NC1CC1(C)c1ccccc1OC)N1CCC(N2CC=CC2)C1. The zero-order valence-corrected chi connectivity index (χ0v) is 16.8. The minimum absolute atomic E-state index is 0.110. The van der Waals surface area contributed by atoms with E-state index < -0.39 is 0 Å². The highest BCUT2D eigenvalue weighted by molar-refractivity contribution is 5.81. The molecule has 0 amide bonds. The monoisotopic (exact) mass is 368 g/mol. The van der Waals surface area contributed by atoms with Gasteiger partial charge in [-0.1, -0.05) is 37.3 Å². The summed E-state index contributed by atoms with van der Waals surface area (Å²) in [5.74, 6) is 2.07. The van der Waals surface area contributed by atoms with Gasteiger partial charge in [0, 0.05) is 55.8 Å². The first kappa shape index (κ1) is 18.4. The molecule has 0 bridgehead atoms. The standard InChI is InChI=1S/C22H32N4O/c1-4-23-21(26-14-11-17(16-26)25-12-7-8-13-25)24-20-15-22(20,2)18-9-5-6-10-19(18)27-3/h5-10,17,20H,4,11-16H2,1-3H3,(H,23,24). The van der Waals surface area contributed by atoms with Crippen LogP contribution in [0.5, 0.6) is 5.75 Å². The molecule has 1 saturated carbocycles. The summed E-state index contributed by atoms with van der Waals surface area (Å²) in [4.78, 5) is 9.84. The number of guanidine groups is 1. The van der Waals surface area contributed by atoms with Crippen LogP contribution in [0.15, 0.2) is 41.4 Å². The van der Waals surface area contributed by atoms with Crippen LogP contribution in [0.25, 0.3) is 0 Å². The molecule has 0 radical (unpaired) electrons. The van der Waals surface area contributed by atoms with Crippen molar-refractivity contribution in [3.8, 4) is 5.75 Å². The molecule has 1 aliphatic carbocycles. The minimum Gasteiger partial charge on any atom is -0.496 e. The Bertz CT molecular complexity index is 723. The van der Waals surface area contributed by atoms with Crippen molar-refractivity contribution in [2.75, 3.05) is 39.8 Å². The third-order valence-electron chi connectivity index (χ3n) is 6.40. The number of methoxy groups -OCH3 is 1. The van der Waals surface area contributed by atoms with E-state index in [4.69, 9.17) is 9.73 Å². The number of hydrogen-bond acceptors (Lipinski definition) is 3. The van der Waals surface area contributed by atoms with Crippen LogP contribution in [0.2, 0.25) is 0 Å². The van der Waals surface area contributed by atoms with Gasteiger partial charge in [-0.2, -0.15) is 0 Å². The average Bonchev–Trinajstić information content (AvgIpc) is 3.12. The first-order valence-corrected chi connectivity index (χ1v) is 10.2. The lowest BCUT2D eigenvalue weighted by molar-refractivity contribution is 0.259. The van der Waals surface area contributed by atoms with Gasteiger partial charge in [0.1, 0.15) is 5.75 Å². The number of benzene rings is 1. The van der Waals surface area contributed by atoms with Crippen molar-refractivity contribution >= 4 is 5.96 Å². The molecule has 3 aliphatic rings. The second kappa shape index (κ2) is 7.55. The topological polar surface area (TPSA) is 40.1 Å². The van der Waals surface area contributed by atoms with E-state index in [1.807, 2.05) is 6.07 Å². The molecule has 2 fully saturated rings. The predicted molar refractivity (Wildman–Crippen MR) is 111 cm³/mol. The summed E-state index contributed by atoms with van der Waals surface area (Å²) in [5, 5.41) is 3.77. The van der Waals surface area contributed by atoms with Crippen LogP contribution in [0.3, 0.4) is 0 Å². The van der Waals surface area contributed by atoms with Crippen LogP contribution in [0.4, 0.5) is 0 Å². The molecule has 1 aromatic rings. The first-order chi connectivity index (χ1) is 13.2. The van der Waals surface area contributed by atoms with E-state index in [9.17, 15) is 0 Å². The van der Waals surface area contributed by atoms with E-state index in [1.165, 1.54) is 12.0 Å². The van der Waals surface area contributed by atoms with E-state index in [0.717, 1.165) is 50.9 Å². The summed E-state index contributed by atoms with van der Waals surface area (Å²) < 4.78 is 5.60. The highest BCUT2D eigenvalue weighted by Gasteiger charge is 2.53. The summed E-state index contributed by atoms with van der Waals surface area (Å²) in [5.41, 5.74) is 1.40. The minimum atomic E-state index is 0.110. The summed E-state index contributed by atoms with van der Waals surface area (Å²) in [6.45, 7) is 9.62. The Morgan fingerprint density at radius 2 is 2.07 bits per heavy atom. The number of hydrogen-bond donors (Lipinski definition) is 1. The normalized spacial score (nSPS) is 30.8. The Hall–Kier alpha value is -2.01. The maximum Gasteiger partial charge on any atom is 0.194 e. The fraction of sp³-hybridized carbons (Fsp3) is 0.591. The third kappa shape index (κ3) is 3.57. The molecule has 1 N–H and O–H groups in total. The first-order valence-electron chi connectivity index (χ1n) is 10.2. The van der Waals surface area contributed by atoms with Crippen LogP contribution in [0.1, 0.15) is 32.3 Å². The van der Waals surface area contributed by atoms with Crippen molar-refractivity contribution in [1.29, 1.82) is 0 Å². The summed E-state index contributed by atoms with van der Waals surface area (Å²) in [6.07, 6.45) is 6.90. The van der Waals surface area contributed by atoms with E-state index >= 15 is 0 Å². The van der Waals surface area contributed by atoms with Gasteiger partial charge in [0.15, 0.2) is 5.96 Å².